The van der Waals surface area contributed by atoms with Crippen molar-refractivity contribution in [2.45, 2.75) is 18.9 Å². The lowest BCUT2D eigenvalue weighted by Gasteiger charge is -2.46. The minimum Gasteiger partial charge on any atom is -0.396 e. The molecular formula is C13H20N4O. The summed E-state index contributed by atoms with van der Waals surface area (Å²) < 4.78 is 0. The zero-order valence-electron chi connectivity index (χ0n) is 10.6. The summed E-state index contributed by atoms with van der Waals surface area (Å²) in [5.41, 5.74) is 0. The van der Waals surface area contributed by atoms with Crippen LogP contribution in [0.1, 0.15) is 12.8 Å². The van der Waals surface area contributed by atoms with Gasteiger partial charge in [0.2, 0.25) is 5.95 Å². The first-order chi connectivity index (χ1) is 8.86. The highest BCUT2D eigenvalue weighted by Crippen LogP contribution is 2.25. The van der Waals surface area contributed by atoms with Gasteiger partial charge in [0, 0.05) is 51.2 Å². The van der Waals surface area contributed by atoms with Crippen molar-refractivity contribution in [3.05, 3.63) is 18.5 Å². The van der Waals surface area contributed by atoms with Crippen LogP contribution in [0.2, 0.25) is 0 Å². The third-order valence-electron chi connectivity index (χ3n) is 4.10. The predicted molar refractivity (Wildman–Crippen MR) is 69.4 cm³/mol. The van der Waals surface area contributed by atoms with Crippen LogP contribution >= 0.6 is 0 Å². The lowest BCUT2D eigenvalue weighted by molar-refractivity contribution is 0.0670. The Bertz CT molecular complexity index is 386. The monoisotopic (exact) mass is 248 g/mol. The van der Waals surface area contributed by atoms with Crippen molar-refractivity contribution in [2.75, 3.05) is 37.7 Å². The molecule has 1 aromatic rings. The van der Waals surface area contributed by atoms with Crippen LogP contribution in [-0.4, -0.2) is 58.8 Å². The maximum atomic E-state index is 9.25. The minimum atomic E-state index is 0.328. The highest BCUT2D eigenvalue weighted by molar-refractivity contribution is 5.30. The summed E-state index contributed by atoms with van der Waals surface area (Å²) in [6.45, 7) is 4.43. The van der Waals surface area contributed by atoms with E-state index in [4.69, 9.17) is 0 Å². The number of aliphatic hydroxyl groups excluding tert-OH is 1. The van der Waals surface area contributed by atoms with Crippen molar-refractivity contribution >= 4 is 5.95 Å². The number of piperidine rings is 1. The van der Waals surface area contributed by atoms with Crippen molar-refractivity contribution in [3.63, 3.8) is 0 Å². The van der Waals surface area contributed by atoms with E-state index in [2.05, 4.69) is 19.8 Å². The second kappa shape index (κ2) is 5.20. The SMILES string of the molecule is OCC1CC[C@H]2CN(c3ncccn3)CCN2C1. The summed E-state index contributed by atoms with van der Waals surface area (Å²) in [7, 11) is 0. The number of anilines is 1. The van der Waals surface area contributed by atoms with Gasteiger partial charge < -0.3 is 10.0 Å². The molecule has 0 bridgehead atoms. The number of rotatable bonds is 2. The summed E-state index contributed by atoms with van der Waals surface area (Å²) >= 11 is 0. The third-order valence-corrected chi connectivity index (χ3v) is 4.10. The Morgan fingerprint density at radius 2 is 2.00 bits per heavy atom. The molecule has 98 valence electrons. The molecule has 5 heteroatoms. The number of aromatic nitrogens is 2. The number of hydrogen-bond acceptors (Lipinski definition) is 5. The molecule has 3 heterocycles. The molecule has 2 saturated heterocycles. The topological polar surface area (TPSA) is 52.5 Å². The molecular weight excluding hydrogens is 228 g/mol. The van der Waals surface area contributed by atoms with Crippen LogP contribution in [0.15, 0.2) is 18.5 Å². The Kier molecular flexibility index (Phi) is 3.43. The summed E-state index contributed by atoms with van der Waals surface area (Å²) in [6.07, 6.45) is 5.92. The molecule has 18 heavy (non-hydrogen) atoms. The van der Waals surface area contributed by atoms with Crippen LogP contribution in [0.5, 0.6) is 0 Å². The molecule has 1 unspecified atom stereocenters. The fraction of sp³-hybridized carbons (Fsp3) is 0.692. The summed E-state index contributed by atoms with van der Waals surface area (Å²) in [6, 6.07) is 2.46. The van der Waals surface area contributed by atoms with Crippen molar-refractivity contribution in [3.8, 4) is 0 Å². The van der Waals surface area contributed by atoms with Gasteiger partial charge in [-0.2, -0.15) is 0 Å². The van der Waals surface area contributed by atoms with E-state index in [0.29, 0.717) is 18.6 Å². The van der Waals surface area contributed by atoms with Gasteiger partial charge in [-0.1, -0.05) is 0 Å². The third kappa shape index (κ3) is 2.33. The number of nitrogens with zero attached hydrogens (tertiary/aromatic N) is 4. The standard InChI is InChI=1S/C13H20N4O/c18-10-11-2-3-12-9-17(7-6-16(12)8-11)13-14-4-1-5-15-13/h1,4-5,11-12,18H,2-3,6-10H2/t11?,12-/m0/s1. The van der Waals surface area contributed by atoms with E-state index < -0.39 is 0 Å². The van der Waals surface area contributed by atoms with E-state index in [0.717, 1.165) is 38.5 Å². The molecule has 0 aromatic carbocycles. The quantitative estimate of drug-likeness (QED) is 0.819. The second-order valence-corrected chi connectivity index (χ2v) is 5.27. The highest BCUT2D eigenvalue weighted by Gasteiger charge is 2.33. The number of fused-ring (bicyclic) bond motifs is 1. The fourth-order valence-corrected chi connectivity index (χ4v) is 3.04. The van der Waals surface area contributed by atoms with Gasteiger partial charge in [0.15, 0.2) is 0 Å². The molecule has 0 aliphatic carbocycles. The van der Waals surface area contributed by atoms with Crippen LogP contribution in [0, 0.1) is 5.92 Å². The highest BCUT2D eigenvalue weighted by atomic mass is 16.3. The number of piperazine rings is 1. The maximum absolute atomic E-state index is 9.25. The lowest BCUT2D eigenvalue weighted by Crippen LogP contribution is -2.57. The Morgan fingerprint density at radius 1 is 1.17 bits per heavy atom. The second-order valence-electron chi connectivity index (χ2n) is 5.27. The summed E-state index contributed by atoms with van der Waals surface area (Å²) in [5, 5.41) is 9.25. The molecule has 2 fully saturated rings. The van der Waals surface area contributed by atoms with Crippen molar-refractivity contribution in [2.24, 2.45) is 5.92 Å². The zero-order valence-corrected chi connectivity index (χ0v) is 10.6. The number of hydrogen-bond donors (Lipinski definition) is 1. The zero-order chi connectivity index (χ0) is 12.4. The maximum Gasteiger partial charge on any atom is 0.225 e. The van der Waals surface area contributed by atoms with Crippen LogP contribution < -0.4 is 4.90 Å². The Labute approximate surface area is 107 Å². The molecule has 1 aromatic heterocycles. The molecule has 0 amide bonds. The molecule has 2 atom stereocenters. The lowest BCUT2D eigenvalue weighted by atomic mass is 9.92. The van der Waals surface area contributed by atoms with Crippen LogP contribution in [0.3, 0.4) is 0 Å². The smallest absolute Gasteiger partial charge is 0.225 e. The van der Waals surface area contributed by atoms with Gasteiger partial charge in [0.1, 0.15) is 0 Å². The van der Waals surface area contributed by atoms with E-state index in [1.54, 1.807) is 12.4 Å². The van der Waals surface area contributed by atoms with Gasteiger partial charge in [0.05, 0.1) is 0 Å². The van der Waals surface area contributed by atoms with E-state index in [-0.39, 0.29) is 0 Å². The van der Waals surface area contributed by atoms with Gasteiger partial charge in [-0.15, -0.1) is 0 Å². The van der Waals surface area contributed by atoms with Gasteiger partial charge in [0.25, 0.3) is 0 Å². The number of aliphatic hydroxyl groups is 1. The molecule has 2 aliphatic rings. The molecule has 1 N–H and O–H groups in total. The van der Waals surface area contributed by atoms with Gasteiger partial charge in [-0.05, 0) is 24.8 Å². The Hall–Kier alpha value is -1.20. The molecule has 5 nitrogen and oxygen atoms in total. The van der Waals surface area contributed by atoms with E-state index in [1.807, 2.05) is 6.07 Å². The van der Waals surface area contributed by atoms with E-state index in [9.17, 15) is 5.11 Å². The van der Waals surface area contributed by atoms with Crippen molar-refractivity contribution < 1.29 is 5.11 Å². The summed E-state index contributed by atoms with van der Waals surface area (Å²) in [4.78, 5) is 13.5. The minimum absolute atomic E-state index is 0.328. The first-order valence-electron chi connectivity index (χ1n) is 6.73. The first-order valence-corrected chi connectivity index (χ1v) is 6.73. The molecule has 0 spiro atoms. The van der Waals surface area contributed by atoms with Crippen molar-refractivity contribution in [1.29, 1.82) is 0 Å². The Balaban J connectivity index is 1.65. The van der Waals surface area contributed by atoms with Gasteiger partial charge in [-0.25, -0.2) is 9.97 Å². The molecule has 0 saturated carbocycles. The molecule has 3 rings (SSSR count). The van der Waals surface area contributed by atoms with Crippen LogP contribution in [0.25, 0.3) is 0 Å². The van der Waals surface area contributed by atoms with Crippen LogP contribution in [-0.2, 0) is 0 Å². The Morgan fingerprint density at radius 3 is 2.78 bits per heavy atom. The van der Waals surface area contributed by atoms with Crippen LogP contribution in [0.4, 0.5) is 5.95 Å². The van der Waals surface area contributed by atoms with Gasteiger partial charge >= 0.3 is 0 Å². The first kappa shape index (κ1) is 11.9. The predicted octanol–water partition coefficient (Wildman–Crippen LogP) is 0.369. The average Bonchev–Trinajstić information content (AvgIpc) is 2.47. The fourth-order valence-electron chi connectivity index (χ4n) is 3.04. The summed E-state index contributed by atoms with van der Waals surface area (Å²) in [5.74, 6) is 1.32. The molecule has 0 radical (unpaired) electrons. The normalized spacial score (nSPS) is 29.1. The molecule has 2 aliphatic heterocycles. The van der Waals surface area contributed by atoms with Gasteiger partial charge in [-0.3, -0.25) is 4.90 Å². The largest absolute Gasteiger partial charge is 0.396 e. The average molecular weight is 248 g/mol. The van der Waals surface area contributed by atoms with Crippen molar-refractivity contribution in [1.82, 2.24) is 14.9 Å². The van der Waals surface area contributed by atoms with E-state index in [1.165, 1.54) is 6.42 Å². The van der Waals surface area contributed by atoms with E-state index >= 15 is 0 Å².